The maximum absolute atomic E-state index is 13.2. The lowest BCUT2D eigenvalue weighted by Crippen LogP contribution is -2.52. The van der Waals surface area contributed by atoms with Gasteiger partial charge in [-0.25, -0.2) is 4.79 Å². The van der Waals surface area contributed by atoms with Gasteiger partial charge in [-0.1, -0.05) is 18.2 Å². The number of carbonyl (C=O) groups is 2. The standard InChI is InChI=1S/C25H32N4O3/c1-16-5-4-6-22(11-16)32-25(31)28-15-17(2)29(18(3)30)23-10-7-19(12-24(23)28)20(13-26)14-27-21-8-9-21/h4-7,10-12,17,20-21,27H,8-9,13-15,26H2,1-3H3/t17-,20?/m0/s1. The summed E-state index contributed by atoms with van der Waals surface area (Å²) >= 11 is 0. The maximum Gasteiger partial charge on any atom is 0.419 e. The van der Waals surface area contributed by atoms with E-state index >= 15 is 0 Å². The summed E-state index contributed by atoms with van der Waals surface area (Å²) in [4.78, 5) is 29.0. The highest BCUT2D eigenvalue weighted by atomic mass is 16.6. The number of nitrogens with zero attached hydrogens (tertiary/aromatic N) is 2. The molecule has 2 aromatic carbocycles. The molecule has 1 heterocycles. The molecular weight excluding hydrogens is 404 g/mol. The molecule has 1 saturated carbocycles. The number of nitrogens with one attached hydrogen (secondary N) is 1. The number of rotatable bonds is 6. The maximum atomic E-state index is 13.2. The number of carbonyl (C=O) groups excluding carboxylic acids is 2. The average molecular weight is 437 g/mol. The van der Waals surface area contributed by atoms with Crippen molar-refractivity contribution in [1.82, 2.24) is 5.32 Å². The van der Waals surface area contributed by atoms with E-state index in [4.69, 9.17) is 10.5 Å². The van der Waals surface area contributed by atoms with Gasteiger partial charge in [-0.3, -0.25) is 9.69 Å². The first-order valence-electron chi connectivity index (χ1n) is 11.3. The number of anilines is 2. The summed E-state index contributed by atoms with van der Waals surface area (Å²) in [5.74, 6) is 0.576. The number of amides is 2. The van der Waals surface area contributed by atoms with Crippen LogP contribution in [0.25, 0.3) is 0 Å². The summed E-state index contributed by atoms with van der Waals surface area (Å²) in [5.41, 5.74) is 9.54. The lowest BCUT2D eigenvalue weighted by molar-refractivity contribution is -0.117. The molecule has 1 fully saturated rings. The Morgan fingerprint density at radius 3 is 2.62 bits per heavy atom. The zero-order valence-corrected chi connectivity index (χ0v) is 19.0. The van der Waals surface area contributed by atoms with Gasteiger partial charge >= 0.3 is 6.09 Å². The van der Waals surface area contributed by atoms with Crippen molar-refractivity contribution in [2.45, 2.75) is 51.6 Å². The van der Waals surface area contributed by atoms with Gasteiger partial charge in [0.2, 0.25) is 5.91 Å². The van der Waals surface area contributed by atoms with E-state index in [0.717, 1.165) is 17.7 Å². The molecule has 1 aliphatic heterocycles. The zero-order chi connectivity index (χ0) is 22.8. The van der Waals surface area contributed by atoms with Crippen LogP contribution in [0.15, 0.2) is 42.5 Å². The minimum atomic E-state index is -0.454. The van der Waals surface area contributed by atoms with Crippen LogP contribution in [0.5, 0.6) is 5.75 Å². The first-order chi connectivity index (χ1) is 15.4. The van der Waals surface area contributed by atoms with Gasteiger partial charge < -0.3 is 20.7 Å². The second kappa shape index (κ2) is 9.30. The molecule has 7 heteroatoms. The normalized spacial score (nSPS) is 18.8. The van der Waals surface area contributed by atoms with E-state index in [1.807, 2.05) is 50.2 Å². The largest absolute Gasteiger partial charge is 0.419 e. The first-order valence-corrected chi connectivity index (χ1v) is 11.3. The minimum Gasteiger partial charge on any atom is -0.410 e. The molecular formula is C25H32N4O3. The lowest BCUT2D eigenvalue weighted by atomic mass is 9.96. The highest BCUT2D eigenvalue weighted by Crippen LogP contribution is 2.38. The Morgan fingerprint density at radius 1 is 1.19 bits per heavy atom. The van der Waals surface area contributed by atoms with Gasteiger partial charge in [0.1, 0.15) is 5.75 Å². The van der Waals surface area contributed by atoms with Crippen LogP contribution in [-0.4, -0.2) is 43.7 Å². The first kappa shape index (κ1) is 22.3. The predicted molar refractivity (Wildman–Crippen MR) is 126 cm³/mol. The number of fused-ring (bicyclic) bond motifs is 1. The average Bonchev–Trinajstić information content (AvgIpc) is 3.57. The summed E-state index contributed by atoms with van der Waals surface area (Å²) in [6, 6.07) is 13.8. The third-order valence-electron chi connectivity index (χ3n) is 6.18. The van der Waals surface area contributed by atoms with Gasteiger partial charge in [0.15, 0.2) is 0 Å². The van der Waals surface area contributed by atoms with Crippen LogP contribution in [0, 0.1) is 6.92 Å². The quantitative estimate of drug-likeness (QED) is 0.723. The van der Waals surface area contributed by atoms with Gasteiger partial charge in [0.25, 0.3) is 0 Å². The van der Waals surface area contributed by atoms with Crippen molar-refractivity contribution in [2.24, 2.45) is 5.73 Å². The second-order valence-corrected chi connectivity index (χ2v) is 8.90. The van der Waals surface area contributed by atoms with E-state index in [1.54, 1.807) is 22.8 Å². The molecule has 4 rings (SSSR count). The zero-order valence-electron chi connectivity index (χ0n) is 19.0. The van der Waals surface area contributed by atoms with E-state index in [9.17, 15) is 9.59 Å². The molecule has 1 aliphatic carbocycles. The van der Waals surface area contributed by atoms with Crippen LogP contribution in [-0.2, 0) is 4.79 Å². The Balaban J connectivity index is 1.66. The number of benzene rings is 2. The Kier molecular flexibility index (Phi) is 6.48. The van der Waals surface area contributed by atoms with Crippen molar-refractivity contribution in [2.75, 3.05) is 29.4 Å². The van der Waals surface area contributed by atoms with Gasteiger partial charge in [-0.15, -0.1) is 0 Å². The van der Waals surface area contributed by atoms with E-state index < -0.39 is 6.09 Å². The molecule has 0 spiro atoms. The van der Waals surface area contributed by atoms with Gasteiger partial charge in [0, 0.05) is 38.5 Å². The van der Waals surface area contributed by atoms with Crippen LogP contribution in [0.2, 0.25) is 0 Å². The van der Waals surface area contributed by atoms with Gasteiger partial charge in [-0.2, -0.15) is 0 Å². The molecule has 2 atom stereocenters. The Labute approximate surface area is 189 Å². The van der Waals surface area contributed by atoms with Crippen LogP contribution in [0.4, 0.5) is 16.2 Å². The fourth-order valence-electron chi connectivity index (χ4n) is 4.32. The Bertz CT molecular complexity index is 1000. The lowest BCUT2D eigenvalue weighted by Gasteiger charge is -2.40. The highest BCUT2D eigenvalue weighted by molar-refractivity contribution is 6.02. The third-order valence-corrected chi connectivity index (χ3v) is 6.18. The van der Waals surface area contributed by atoms with Gasteiger partial charge in [0.05, 0.1) is 17.4 Å². The number of hydrogen-bond acceptors (Lipinski definition) is 5. The van der Waals surface area contributed by atoms with Crippen molar-refractivity contribution < 1.29 is 14.3 Å². The van der Waals surface area contributed by atoms with Crippen LogP contribution in [0.1, 0.15) is 43.7 Å². The molecule has 32 heavy (non-hydrogen) atoms. The van der Waals surface area contributed by atoms with E-state index in [1.165, 1.54) is 12.8 Å². The predicted octanol–water partition coefficient (Wildman–Crippen LogP) is 3.55. The molecule has 3 N–H and O–H groups in total. The number of hydrogen-bond donors (Lipinski definition) is 2. The van der Waals surface area contributed by atoms with Crippen LogP contribution >= 0.6 is 0 Å². The number of nitrogens with two attached hydrogens (primary N) is 1. The molecule has 170 valence electrons. The topological polar surface area (TPSA) is 87.9 Å². The summed E-state index contributed by atoms with van der Waals surface area (Å²) in [5, 5.41) is 3.54. The van der Waals surface area contributed by atoms with Crippen LogP contribution in [0.3, 0.4) is 0 Å². The monoisotopic (exact) mass is 436 g/mol. The van der Waals surface area contributed by atoms with Crippen molar-refractivity contribution >= 4 is 23.4 Å². The molecule has 2 aromatic rings. The van der Waals surface area contributed by atoms with Crippen LogP contribution < -0.4 is 25.6 Å². The Hall–Kier alpha value is -2.90. The number of aryl methyl sites for hydroxylation is 1. The summed E-state index contributed by atoms with van der Waals surface area (Å²) in [7, 11) is 0. The second-order valence-electron chi connectivity index (χ2n) is 8.90. The highest BCUT2D eigenvalue weighted by Gasteiger charge is 2.35. The summed E-state index contributed by atoms with van der Waals surface area (Å²) in [6.07, 6.45) is 1.97. The number of ether oxygens (including phenoxy) is 1. The fraction of sp³-hybridized carbons (Fsp3) is 0.440. The van der Waals surface area contributed by atoms with E-state index in [2.05, 4.69) is 5.32 Å². The van der Waals surface area contributed by atoms with Crippen molar-refractivity contribution in [3.63, 3.8) is 0 Å². The fourth-order valence-corrected chi connectivity index (χ4v) is 4.32. The van der Waals surface area contributed by atoms with Crippen molar-refractivity contribution in [3.05, 3.63) is 53.6 Å². The minimum absolute atomic E-state index is 0.0519. The summed E-state index contributed by atoms with van der Waals surface area (Å²) < 4.78 is 5.70. The molecule has 1 unspecified atom stereocenters. The van der Waals surface area contributed by atoms with E-state index in [0.29, 0.717) is 36.3 Å². The smallest absolute Gasteiger partial charge is 0.410 e. The Morgan fingerprint density at radius 2 is 1.97 bits per heavy atom. The van der Waals surface area contributed by atoms with Gasteiger partial charge in [-0.05, 0) is 62.1 Å². The summed E-state index contributed by atoms with van der Waals surface area (Å²) in [6.45, 7) is 7.09. The molecule has 2 aliphatic rings. The molecule has 0 aromatic heterocycles. The van der Waals surface area contributed by atoms with E-state index in [-0.39, 0.29) is 17.9 Å². The molecule has 2 amide bonds. The molecule has 0 radical (unpaired) electrons. The SMILES string of the molecule is CC(=O)N1c2ccc(C(CN)CNC3CC3)cc2N(C(=O)Oc2cccc(C)c2)C[C@@H]1C. The molecule has 0 saturated heterocycles. The molecule has 7 nitrogen and oxygen atoms in total. The van der Waals surface area contributed by atoms with Crippen molar-refractivity contribution in [3.8, 4) is 5.75 Å². The molecule has 0 bridgehead atoms. The third kappa shape index (κ3) is 4.79. The van der Waals surface area contributed by atoms with Crippen molar-refractivity contribution in [1.29, 1.82) is 0 Å².